The Morgan fingerprint density at radius 3 is 2.35 bits per heavy atom. The molecule has 0 amide bonds. The number of benzene rings is 1. The number of hydrogen-bond acceptors (Lipinski definition) is 2. The molecule has 1 aromatic carbocycles. The average Bonchev–Trinajstić information content (AvgIpc) is 2.42. The van der Waals surface area contributed by atoms with E-state index >= 15 is 0 Å². The first kappa shape index (κ1) is 17.2. The minimum Gasteiger partial charge on any atom is -0.309 e. The summed E-state index contributed by atoms with van der Waals surface area (Å²) in [4.78, 5) is 6.70. The summed E-state index contributed by atoms with van der Waals surface area (Å²) < 4.78 is 0. The van der Waals surface area contributed by atoms with Gasteiger partial charge in [0.1, 0.15) is 0 Å². The summed E-state index contributed by atoms with van der Waals surface area (Å²) in [6.45, 7) is 1.03. The van der Waals surface area contributed by atoms with E-state index in [-0.39, 0.29) is 17.0 Å². The molecule has 0 aliphatic carbocycles. The van der Waals surface area contributed by atoms with Gasteiger partial charge in [-0.15, -0.1) is 17.0 Å². The van der Waals surface area contributed by atoms with Gasteiger partial charge >= 0.3 is 0 Å². The van der Waals surface area contributed by atoms with Gasteiger partial charge in [0, 0.05) is 22.8 Å². The first-order chi connectivity index (χ1) is 9.16. The van der Waals surface area contributed by atoms with E-state index in [2.05, 4.69) is 42.2 Å². The fourth-order valence-corrected chi connectivity index (χ4v) is 2.28. The largest absolute Gasteiger partial charge is 0.309 e. The van der Waals surface area contributed by atoms with Gasteiger partial charge in [0.15, 0.2) is 0 Å². The molecule has 0 fully saturated rings. The fourth-order valence-electron chi connectivity index (χ4n) is 2.15. The molecule has 108 valence electrons. The lowest BCUT2D eigenvalue weighted by Gasteiger charge is -2.19. The van der Waals surface area contributed by atoms with Crippen LogP contribution in [-0.4, -0.2) is 30.5 Å². The standard InChI is InChI=1S/C16H19ClN2.BrH/c1-19(2)12-10-15(16-5-3-4-11-18-16)13-6-8-14(17)9-7-13;/h3-9,11,15H,10,12H2,1-2H3;1H/t15-;/m0./s1. The van der Waals surface area contributed by atoms with E-state index in [4.69, 9.17) is 11.6 Å². The molecule has 0 radical (unpaired) electrons. The Balaban J connectivity index is 0.00000200. The van der Waals surface area contributed by atoms with E-state index in [1.807, 2.05) is 30.5 Å². The highest BCUT2D eigenvalue weighted by Gasteiger charge is 2.15. The quantitative estimate of drug-likeness (QED) is 0.790. The zero-order chi connectivity index (χ0) is 13.7. The second-order valence-electron chi connectivity index (χ2n) is 4.95. The molecule has 0 saturated carbocycles. The van der Waals surface area contributed by atoms with Gasteiger partial charge in [-0.25, -0.2) is 0 Å². The Kier molecular flexibility index (Phi) is 7.20. The van der Waals surface area contributed by atoms with Crippen LogP contribution >= 0.6 is 28.6 Å². The van der Waals surface area contributed by atoms with E-state index in [1.165, 1.54) is 5.56 Å². The summed E-state index contributed by atoms with van der Waals surface area (Å²) >= 11 is 5.97. The maximum atomic E-state index is 5.97. The lowest BCUT2D eigenvalue weighted by atomic mass is 9.92. The molecule has 4 heteroatoms. The summed E-state index contributed by atoms with van der Waals surface area (Å²) in [7, 11) is 4.19. The molecule has 0 spiro atoms. The van der Waals surface area contributed by atoms with Crippen molar-refractivity contribution in [1.82, 2.24) is 9.88 Å². The molecule has 2 aromatic rings. The van der Waals surface area contributed by atoms with Crippen molar-refractivity contribution >= 4 is 28.6 Å². The van der Waals surface area contributed by atoms with E-state index < -0.39 is 0 Å². The fraction of sp³-hybridized carbons (Fsp3) is 0.312. The summed E-state index contributed by atoms with van der Waals surface area (Å²) in [6, 6.07) is 14.2. The zero-order valence-corrected chi connectivity index (χ0v) is 14.3. The Labute approximate surface area is 136 Å². The molecule has 0 unspecified atom stereocenters. The van der Waals surface area contributed by atoms with Gasteiger partial charge in [-0.05, 0) is 56.9 Å². The van der Waals surface area contributed by atoms with Crippen molar-refractivity contribution in [2.45, 2.75) is 12.3 Å². The number of rotatable bonds is 5. The van der Waals surface area contributed by atoms with E-state index in [9.17, 15) is 0 Å². The Morgan fingerprint density at radius 2 is 1.80 bits per heavy atom. The summed E-state index contributed by atoms with van der Waals surface area (Å²) in [5.74, 6) is 0.320. The third kappa shape index (κ3) is 4.89. The first-order valence-electron chi connectivity index (χ1n) is 6.48. The Morgan fingerprint density at radius 1 is 1.10 bits per heavy atom. The van der Waals surface area contributed by atoms with Gasteiger partial charge in [-0.2, -0.15) is 0 Å². The lowest BCUT2D eigenvalue weighted by Crippen LogP contribution is -2.17. The zero-order valence-electron chi connectivity index (χ0n) is 11.8. The Bertz CT molecular complexity index is 500. The van der Waals surface area contributed by atoms with Crippen LogP contribution in [0.15, 0.2) is 48.7 Å². The van der Waals surface area contributed by atoms with Crippen molar-refractivity contribution in [3.05, 3.63) is 64.9 Å². The SMILES string of the molecule is Br.CN(C)CC[C@@H](c1ccc(Cl)cc1)c1ccccn1. The second-order valence-corrected chi connectivity index (χ2v) is 5.39. The van der Waals surface area contributed by atoms with Crippen LogP contribution in [0.1, 0.15) is 23.6 Å². The molecule has 1 heterocycles. The monoisotopic (exact) mass is 354 g/mol. The van der Waals surface area contributed by atoms with Crippen LogP contribution in [0.2, 0.25) is 5.02 Å². The second kappa shape index (κ2) is 8.40. The predicted molar refractivity (Wildman–Crippen MR) is 91.0 cm³/mol. The maximum absolute atomic E-state index is 5.97. The van der Waals surface area contributed by atoms with Crippen LogP contribution in [0, 0.1) is 0 Å². The van der Waals surface area contributed by atoms with E-state index in [0.717, 1.165) is 23.7 Å². The molecular weight excluding hydrogens is 336 g/mol. The normalized spacial score (nSPS) is 12.0. The van der Waals surface area contributed by atoms with E-state index in [1.54, 1.807) is 0 Å². The van der Waals surface area contributed by atoms with Crippen molar-refractivity contribution in [2.24, 2.45) is 0 Å². The van der Waals surface area contributed by atoms with Crippen LogP contribution in [0.4, 0.5) is 0 Å². The summed E-state index contributed by atoms with van der Waals surface area (Å²) in [5, 5.41) is 0.774. The average molecular weight is 356 g/mol. The van der Waals surface area contributed by atoms with Crippen LogP contribution < -0.4 is 0 Å². The molecule has 0 aliphatic rings. The van der Waals surface area contributed by atoms with E-state index in [0.29, 0.717) is 5.92 Å². The minimum atomic E-state index is 0. The Hall–Kier alpha value is -0.900. The minimum absolute atomic E-state index is 0. The summed E-state index contributed by atoms with van der Waals surface area (Å²) in [6.07, 6.45) is 2.90. The molecule has 2 nitrogen and oxygen atoms in total. The van der Waals surface area contributed by atoms with Gasteiger partial charge in [0.05, 0.1) is 0 Å². The maximum Gasteiger partial charge on any atom is 0.0478 e. The predicted octanol–water partition coefficient (Wildman–Crippen LogP) is 4.40. The smallest absolute Gasteiger partial charge is 0.0478 e. The van der Waals surface area contributed by atoms with Crippen molar-refractivity contribution < 1.29 is 0 Å². The molecule has 20 heavy (non-hydrogen) atoms. The molecule has 0 saturated heterocycles. The number of nitrogens with zero attached hydrogens (tertiary/aromatic N) is 2. The summed E-state index contributed by atoms with van der Waals surface area (Å²) in [5.41, 5.74) is 2.39. The third-order valence-electron chi connectivity index (χ3n) is 3.18. The molecule has 1 atom stereocenters. The van der Waals surface area contributed by atoms with Crippen molar-refractivity contribution in [3.8, 4) is 0 Å². The number of halogens is 2. The third-order valence-corrected chi connectivity index (χ3v) is 3.43. The first-order valence-corrected chi connectivity index (χ1v) is 6.86. The molecule has 1 aromatic heterocycles. The van der Waals surface area contributed by atoms with Gasteiger partial charge < -0.3 is 4.90 Å². The van der Waals surface area contributed by atoms with Crippen LogP contribution in [-0.2, 0) is 0 Å². The highest BCUT2D eigenvalue weighted by molar-refractivity contribution is 8.93. The number of pyridine rings is 1. The number of hydrogen-bond donors (Lipinski definition) is 0. The molecular formula is C16H20BrClN2. The molecule has 0 bridgehead atoms. The highest BCUT2D eigenvalue weighted by atomic mass is 79.9. The topological polar surface area (TPSA) is 16.1 Å². The van der Waals surface area contributed by atoms with Crippen LogP contribution in [0.3, 0.4) is 0 Å². The van der Waals surface area contributed by atoms with Gasteiger partial charge in [-0.1, -0.05) is 29.8 Å². The molecule has 0 aliphatic heterocycles. The van der Waals surface area contributed by atoms with Crippen molar-refractivity contribution in [1.29, 1.82) is 0 Å². The lowest BCUT2D eigenvalue weighted by molar-refractivity contribution is 0.389. The van der Waals surface area contributed by atoms with Gasteiger partial charge in [-0.3, -0.25) is 4.98 Å². The van der Waals surface area contributed by atoms with Crippen molar-refractivity contribution in [3.63, 3.8) is 0 Å². The van der Waals surface area contributed by atoms with Gasteiger partial charge in [0.2, 0.25) is 0 Å². The molecule has 2 rings (SSSR count). The molecule has 0 N–H and O–H groups in total. The van der Waals surface area contributed by atoms with Crippen LogP contribution in [0.5, 0.6) is 0 Å². The highest BCUT2D eigenvalue weighted by Crippen LogP contribution is 2.27. The van der Waals surface area contributed by atoms with Crippen LogP contribution in [0.25, 0.3) is 0 Å². The number of aromatic nitrogens is 1. The van der Waals surface area contributed by atoms with Gasteiger partial charge in [0.25, 0.3) is 0 Å². The van der Waals surface area contributed by atoms with Crippen molar-refractivity contribution in [2.75, 3.05) is 20.6 Å².